The number of nitrogens with one attached hydrogen (secondary N) is 1. The number of benzene rings is 1. The maximum absolute atomic E-state index is 12.9. The van der Waals surface area contributed by atoms with E-state index in [1.807, 2.05) is 35.2 Å². The zero-order valence-corrected chi connectivity index (χ0v) is 19.9. The van der Waals surface area contributed by atoms with Crippen molar-refractivity contribution >= 4 is 17.5 Å². The normalized spacial score (nSPS) is 25.9. The molecule has 0 bridgehead atoms. The number of likely N-dealkylation sites (N-methyl/N-ethyl adjacent to an activating group) is 1. The fourth-order valence-electron chi connectivity index (χ4n) is 5.24. The minimum Gasteiger partial charge on any atom is -0.487 e. The zero-order chi connectivity index (χ0) is 24.4. The van der Waals surface area contributed by atoms with E-state index in [9.17, 15) is 14.7 Å². The molecule has 1 aromatic carbocycles. The Morgan fingerprint density at radius 1 is 1.14 bits per heavy atom. The number of fused-ring (bicyclic) bond motifs is 3. The van der Waals surface area contributed by atoms with Crippen LogP contribution in [-0.4, -0.2) is 89.9 Å². The summed E-state index contributed by atoms with van der Waals surface area (Å²) >= 11 is 0. The Bertz CT molecular complexity index is 1060. The van der Waals surface area contributed by atoms with E-state index >= 15 is 0 Å². The molecule has 186 valence electrons. The molecule has 35 heavy (non-hydrogen) atoms. The molecule has 4 atom stereocenters. The van der Waals surface area contributed by atoms with Gasteiger partial charge >= 0.3 is 0 Å². The molecule has 0 unspecified atom stereocenters. The number of hydrogen-bond donors (Lipinski definition) is 2. The minimum atomic E-state index is -0.504. The van der Waals surface area contributed by atoms with E-state index in [1.54, 1.807) is 12.4 Å². The highest BCUT2D eigenvalue weighted by atomic mass is 16.6. The van der Waals surface area contributed by atoms with E-state index in [0.29, 0.717) is 18.5 Å². The van der Waals surface area contributed by atoms with Crippen molar-refractivity contribution < 1.29 is 24.2 Å². The van der Waals surface area contributed by atoms with Crippen molar-refractivity contribution in [2.24, 2.45) is 0 Å². The van der Waals surface area contributed by atoms with Crippen LogP contribution < -0.4 is 10.1 Å². The lowest BCUT2D eigenvalue weighted by atomic mass is 9.84. The molecule has 0 saturated carbocycles. The van der Waals surface area contributed by atoms with Crippen molar-refractivity contribution in [3.8, 4) is 5.75 Å². The first-order valence-electron chi connectivity index (χ1n) is 12.2. The standard InChI is InChI=1S/C26H32N4O5/c1-29-8-10-30(11-9-29)25(33)15-19-14-21-20-13-18(28-24(32)12-17-4-6-27-7-5-17)2-3-22(20)35-26(21)23(16-31)34-19/h2-7,13,19,21,23,26,31H,8-12,14-16H2,1H3,(H,28,32)/t19-,21-,23+,26+/m1/s1. The lowest BCUT2D eigenvalue weighted by Gasteiger charge is -2.38. The van der Waals surface area contributed by atoms with Crippen LogP contribution in [0.4, 0.5) is 5.69 Å². The van der Waals surface area contributed by atoms with E-state index in [0.717, 1.165) is 43.1 Å². The molecule has 0 radical (unpaired) electrons. The average Bonchev–Trinajstić information content (AvgIpc) is 3.22. The summed E-state index contributed by atoms with van der Waals surface area (Å²) in [5.74, 6) is 0.704. The predicted molar refractivity (Wildman–Crippen MR) is 129 cm³/mol. The van der Waals surface area contributed by atoms with Crippen LogP contribution >= 0.6 is 0 Å². The van der Waals surface area contributed by atoms with Gasteiger partial charge in [-0.2, -0.15) is 0 Å². The van der Waals surface area contributed by atoms with Gasteiger partial charge in [-0.3, -0.25) is 14.6 Å². The quantitative estimate of drug-likeness (QED) is 0.645. The molecule has 2 saturated heterocycles. The van der Waals surface area contributed by atoms with Gasteiger partial charge in [0, 0.05) is 55.7 Å². The summed E-state index contributed by atoms with van der Waals surface area (Å²) in [6, 6.07) is 9.27. The molecule has 2 aromatic rings. The van der Waals surface area contributed by atoms with Crippen LogP contribution in [0.5, 0.6) is 5.75 Å². The number of aromatic nitrogens is 1. The molecule has 9 heteroatoms. The molecule has 2 fully saturated rings. The van der Waals surface area contributed by atoms with Crippen LogP contribution in [0.1, 0.15) is 29.9 Å². The molecule has 5 rings (SSSR count). The third-order valence-corrected chi connectivity index (χ3v) is 7.16. The number of rotatable bonds is 6. The molecule has 2 amide bonds. The number of nitrogens with zero attached hydrogens (tertiary/aromatic N) is 3. The SMILES string of the molecule is CN1CCN(C(=O)C[C@H]2C[C@@H]3c4cc(NC(=O)Cc5ccncc5)ccc4O[C@@H]3[C@H](CO)O2)CC1. The van der Waals surface area contributed by atoms with Crippen LogP contribution in [0.2, 0.25) is 0 Å². The lowest BCUT2D eigenvalue weighted by molar-refractivity contribution is -0.150. The Morgan fingerprint density at radius 2 is 1.91 bits per heavy atom. The van der Waals surface area contributed by atoms with E-state index in [1.165, 1.54) is 0 Å². The van der Waals surface area contributed by atoms with Crippen molar-refractivity contribution in [2.75, 3.05) is 45.2 Å². The Morgan fingerprint density at radius 3 is 2.66 bits per heavy atom. The van der Waals surface area contributed by atoms with Gasteiger partial charge in [-0.15, -0.1) is 0 Å². The fraction of sp³-hybridized carbons (Fsp3) is 0.500. The number of amides is 2. The van der Waals surface area contributed by atoms with Gasteiger partial charge in [0.25, 0.3) is 0 Å². The maximum atomic E-state index is 12.9. The van der Waals surface area contributed by atoms with Crippen LogP contribution in [0.3, 0.4) is 0 Å². The number of aliphatic hydroxyl groups excluding tert-OH is 1. The number of anilines is 1. The van der Waals surface area contributed by atoms with Gasteiger partial charge in [-0.1, -0.05) is 0 Å². The smallest absolute Gasteiger partial charge is 0.228 e. The predicted octanol–water partition coefficient (Wildman–Crippen LogP) is 1.42. The third kappa shape index (κ3) is 5.32. The summed E-state index contributed by atoms with van der Waals surface area (Å²) in [5, 5.41) is 13.0. The van der Waals surface area contributed by atoms with Crippen molar-refractivity contribution in [3.05, 3.63) is 53.9 Å². The van der Waals surface area contributed by atoms with Crippen LogP contribution in [0.15, 0.2) is 42.7 Å². The summed E-state index contributed by atoms with van der Waals surface area (Å²) in [7, 11) is 2.06. The summed E-state index contributed by atoms with van der Waals surface area (Å²) in [5.41, 5.74) is 2.57. The van der Waals surface area contributed by atoms with Crippen molar-refractivity contribution in [1.29, 1.82) is 0 Å². The van der Waals surface area contributed by atoms with Crippen LogP contribution in [0, 0.1) is 0 Å². The van der Waals surface area contributed by atoms with Gasteiger partial charge in [-0.05, 0) is 49.4 Å². The largest absolute Gasteiger partial charge is 0.487 e. The monoisotopic (exact) mass is 480 g/mol. The summed E-state index contributed by atoms with van der Waals surface area (Å²) in [6.45, 7) is 3.03. The highest BCUT2D eigenvalue weighted by molar-refractivity contribution is 5.92. The molecule has 2 N–H and O–H groups in total. The first-order valence-corrected chi connectivity index (χ1v) is 12.2. The van der Waals surface area contributed by atoms with Crippen molar-refractivity contribution in [1.82, 2.24) is 14.8 Å². The molecular formula is C26H32N4O5. The summed E-state index contributed by atoms with van der Waals surface area (Å²) < 4.78 is 12.3. The second kappa shape index (κ2) is 10.3. The summed E-state index contributed by atoms with van der Waals surface area (Å²) in [6.07, 6.45) is 3.41. The third-order valence-electron chi connectivity index (χ3n) is 7.16. The number of hydrogen-bond acceptors (Lipinski definition) is 7. The Balaban J connectivity index is 1.26. The second-order valence-electron chi connectivity index (χ2n) is 9.62. The Hall–Kier alpha value is -3.01. The Kier molecular flexibility index (Phi) is 6.99. The van der Waals surface area contributed by atoms with Gasteiger partial charge in [0.2, 0.25) is 11.8 Å². The van der Waals surface area contributed by atoms with Crippen LogP contribution in [0.25, 0.3) is 0 Å². The highest BCUT2D eigenvalue weighted by Crippen LogP contribution is 2.47. The van der Waals surface area contributed by atoms with E-state index < -0.39 is 6.10 Å². The molecule has 0 spiro atoms. The number of carbonyl (C=O) groups excluding carboxylic acids is 2. The highest BCUT2D eigenvalue weighted by Gasteiger charge is 2.46. The number of aliphatic hydroxyl groups is 1. The first kappa shape index (κ1) is 23.7. The van der Waals surface area contributed by atoms with Crippen molar-refractivity contribution in [2.45, 2.75) is 43.5 Å². The zero-order valence-electron chi connectivity index (χ0n) is 19.9. The van der Waals surface area contributed by atoms with E-state index in [4.69, 9.17) is 9.47 Å². The van der Waals surface area contributed by atoms with E-state index in [2.05, 4.69) is 22.2 Å². The van der Waals surface area contributed by atoms with Gasteiger partial charge in [0.05, 0.1) is 25.6 Å². The van der Waals surface area contributed by atoms with E-state index in [-0.39, 0.29) is 43.0 Å². The van der Waals surface area contributed by atoms with Crippen molar-refractivity contribution in [3.63, 3.8) is 0 Å². The van der Waals surface area contributed by atoms with Gasteiger partial charge in [-0.25, -0.2) is 0 Å². The molecule has 0 aliphatic carbocycles. The molecular weight excluding hydrogens is 448 g/mol. The summed E-state index contributed by atoms with van der Waals surface area (Å²) in [4.78, 5) is 33.6. The second-order valence-corrected chi connectivity index (χ2v) is 9.62. The number of pyridine rings is 1. The van der Waals surface area contributed by atoms with Gasteiger partial charge < -0.3 is 29.7 Å². The number of carbonyl (C=O) groups is 2. The Labute approximate surface area is 205 Å². The maximum Gasteiger partial charge on any atom is 0.228 e. The molecule has 9 nitrogen and oxygen atoms in total. The molecule has 1 aromatic heterocycles. The van der Waals surface area contributed by atoms with Crippen LogP contribution in [-0.2, 0) is 20.7 Å². The number of piperazine rings is 1. The first-order chi connectivity index (χ1) is 17.0. The lowest BCUT2D eigenvalue weighted by Crippen LogP contribution is -2.50. The molecule has 3 aliphatic heterocycles. The topological polar surface area (TPSA) is 104 Å². The minimum absolute atomic E-state index is 0.0155. The van der Waals surface area contributed by atoms with Gasteiger partial charge in [0.15, 0.2) is 0 Å². The fourth-order valence-corrected chi connectivity index (χ4v) is 5.24. The number of ether oxygens (including phenoxy) is 2. The molecule has 3 aliphatic rings. The molecule has 4 heterocycles. The average molecular weight is 481 g/mol. The van der Waals surface area contributed by atoms with Gasteiger partial charge in [0.1, 0.15) is 18.0 Å².